The van der Waals surface area contributed by atoms with Crippen molar-refractivity contribution in [2.45, 2.75) is 32.2 Å². The van der Waals surface area contributed by atoms with E-state index in [2.05, 4.69) is 48.7 Å². The van der Waals surface area contributed by atoms with Crippen molar-refractivity contribution in [3.8, 4) is 11.5 Å². The fourth-order valence-corrected chi connectivity index (χ4v) is 4.22. The van der Waals surface area contributed by atoms with Crippen LogP contribution in [0.5, 0.6) is 11.5 Å². The van der Waals surface area contributed by atoms with Crippen LogP contribution in [-0.4, -0.2) is 31.1 Å². The topological polar surface area (TPSA) is 53.6 Å². The van der Waals surface area contributed by atoms with E-state index >= 15 is 0 Å². The summed E-state index contributed by atoms with van der Waals surface area (Å²) in [7, 11) is 4.30. The van der Waals surface area contributed by atoms with E-state index in [0.29, 0.717) is 17.6 Å². The Hall–Kier alpha value is -3.31. The van der Waals surface area contributed by atoms with Gasteiger partial charge in [-0.3, -0.25) is 0 Å². The monoisotopic (exact) mass is 429 g/mol. The highest BCUT2D eigenvalue weighted by Gasteiger charge is 2.24. The van der Waals surface area contributed by atoms with Crippen LogP contribution in [0.1, 0.15) is 24.5 Å². The number of urea groups is 1. The van der Waals surface area contributed by atoms with E-state index in [4.69, 9.17) is 4.74 Å². The number of fused-ring (bicyclic) bond motifs is 1. The highest BCUT2D eigenvalue weighted by molar-refractivity contribution is 5.99. The zero-order chi connectivity index (χ0) is 22.5. The van der Waals surface area contributed by atoms with Crippen molar-refractivity contribution in [1.82, 2.24) is 4.90 Å². The molecule has 2 N–H and O–H groups in total. The number of nitrogens with one attached hydrogen (secondary N) is 2. The first-order valence-corrected chi connectivity index (χ1v) is 11.2. The summed E-state index contributed by atoms with van der Waals surface area (Å²) < 4.78 is 5.79. The first kappa shape index (κ1) is 21.9. The zero-order valence-electron chi connectivity index (χ0n) is 19.0. The van der Waals surface area contributed by atoms with E-state index in [1.54, 1.807) is 0 Å². The van der Waals surface area contributed by atoms with Crippen molar-refractivity contribution in [3.63, 3.8) is 0 Å². The smallest absolute Gasteiger partial charge is 0.323 e. The molecule has 0 heterocycles. The summed E-state index contributed by atoms with van der Waals surface area (Å²) in [4.78, 5) is 14.8. The maximum absolute atomic E-state index is 12.5. The number of nitrogens with zero attached hydrogens (tertiary/aromatic N) is 1. The summed E-state index contributed by atoms with van der Waals surface area (Å²) in [5.74, 6) is 2.17. The number of para-hydroxylation sites is 1. The molecule has 2 unspecified atom stereocenters. The molecule has 3 aromatic rings. The quantitative estimate of drug-likeness (QED) is 0.492. The van der Waals surface area contributed by atoms with Crippen molar-refractivity contribution in [2.75, 3.05) is 24.7 Å². The molecule has 0 saturated heterocycles. The Morgan fingerprint density at radius 1 is 0.906 bits per heavy atom. The van der Waals surface area contributed by atoms with Crippen LogP contribution in [0.3, 0.4) is 0 Å². The van der Waals surface area contributed by atoms with Crippen molar-refractivity contribution in [3.05, 3.63) is 83.9 Å². The van der Waals surface area contributed by atoms with E-state index in [1.807, 2.05) is 60.7 Å². The Morgan fingerprint density at radius 2 is 1.56 bits per heavy atom. The highest BCUT2D eigenvalue weighted by Crippen LogP contribution is 2.31. The van der Waals surface area contributed by atoms with Gasteiger partial charge in [-0.15, -0.1) is 0 Å². The number of benzene rings is 3. The number of carbonyl (C=O) groups is 1. The minimum absolute atomic E-state index is 0.253. The van der Waals surface area contributed by atoms with E-state index in [9.17, 15) is 4.79 Å². The predicted octanol–water partition coefficient (Wildman–Crippen LogP) is 6.18. The molecule has 0 saturated carbocycles. The molecular weight excluding hydrogens is 398 g/mol. The van der Waals surface area contributed by atoms with Gasteiger partial charge in [0.15, 0.2) is 0 Å². The van der Waals surface area contributed by atoms with Gasteiger partial charge in [-0.1, -0.05) is 24.3 Å². The van der Waals surface area contributed by atoms with Crippen molar-refractivity contribution in [1.29, 1.82) is 0 Å². The lowest BCUT2D eigenvalue weighted by Crippen LogP contribution is -2.35. The first-order valence-electron chi connectivity index (χ1n) is 11.2. The maximum Gasteiger partial charge on any atom is 0.323 e. The van der Waals surface area contributed by atoms with Crippen LogP contribution >= 0.6 is 0 Å². The summed E-state index contributed by atoms with van der Waals surface area (Å²) in [5, 5.41) is 5.84. The molecule has 1 aliphatic carbocycles. The van der Waals surface area contributed by atoms with Crippen molar-refractivity contribution in [2.24, 2.45) is 5.92 Å². The van der Waals surface area contributed by atoms with Crippen molar-refractivity contribution >= 4 is 17.4 Å². The lowest BCUT2D eigenvalue weighted by molar-refractivity contribution is 0.211. The van der Waals surface area contributed by atoms with Crippen LogP contribution in [-0.2, 0) is 12.8 Å². The molecule has 0 radical (unpaired) electrons. The fraction of sp³-hybridized carbons (Fsp3) is 0.296. The molecule has 5 heteroatoms. The number of ether oxygens (including phenoxy) is 1. The highest BCUT2D eigenvalue weighted by atomic mass is 16.5. The summed E-state index contributed by atoms with van der Waals surface area (Å²) in [6.07, 6.45) is 3.33. The van der Waals surface area contributed by atoms with Crippen LogP contribution in [0.25, 0.3) is 0 Å². The molecular formula is C27H31N3O2. The van der Waals surface area contributed by atoms with Gasteiger partial charge >= 0.3 is 6.03 Å². The molecule has 4 rings (SSSR count). The predicted molar refractivity (Wildman–Crippen MR) is 131 cm³/mol. The van der Waals surface area contributed by atoms with Gasteiger partial charge in [0, 0.05) is 17.4 Å². The van der Waals surface area contributed by atoms with Gasteiger partial charge in [-0.05, 0) is 106 Å². The molecule has 3 aromatic carbocycles. The average molecular weight is 430 g/mol. The zero-order valence-corrected chi connectivity index (χ0v) is 19.0. The van der Waals surface area contributed by atoms with Gasteiger partial charge in [0.2, 0.25) is 0 Å². The third kappa shape index (κ3) is 5.48. The van der Waals surface area contributed by atoms with Crippen LogP contribution < -0.4 is 15.4 Å². The number of hydrogen-bond donors (Lipinski definition) is 2. The minimum Gasteiger partial charge on any atom is -0.457 e. The summed E-state index contributed by atoms with van der Waals surface area (Å²) in [5.41, 5.74) is 4.27. The number of hydrogen-bond acceptors (Lipinski definition) is 3. The molecule has 0 bridgehead atoms. The largest absolute Gasteiger partial charge is 0.457 e. The molecule has 5 nitrogen and oxygen atoms in total. The molecule has 0 fully saturated rings. The van der Waals surface area contributed by atoms with Crippen molar-refractivity contribution < 1.29 is 9.53 Å². The van der Waals surface area contributed by atoms with E-state index in [1.165, 1.54) is 17.5 Å². The summed E-state index contributed by atoms with van der Waals surface area (Å²) in [6.45, 7) is 2.30. The SMILES string of the molecule is CC(C1CCc2cc(NC(=O)Nc3ccc(Oc4ccccc4)cc3)ccc2C1)N(C)C. The van der Waals surface area contributed by atoms with Crippen LogP contribution in [0.2, 0.25) is 0 Å². The number of rotatable bonds is 6. The Labute approximate surface area is 190 Å². The molecule has 0 aliphatic heterocycles. The van der Waals surface area contributed by atoms with Crippen LogP contribution in [0.15, 0.2) is 72.8 Å². The van der Waals surface area contributed by atoms with E-state index in [0.717, 1.165) is 30.0 Å². The number of aryl methyl sites for hydroxylation is 1. The van der Waals surface area contributed by atoms with Gasteiger partial charge in [0.1, 0.15) is 11.5 Å². The molecule has 166 valence electrons. The standard InChI is InChI=1S/C27H31N3O2/c1-19(30(2)3)20-9-10-22-18-24(12-11-21(22)17-20)29-27(31)28-23-13-15-26(16-14-23)32-25-7-5-4-6-8-25/h4-8,11-16,18-20H,9-10,17H2,1-3H3,(H2,28,29,31). The number of amides is 2. The second kappa shape index (κ2) is 9.88. The second-order valence-electron chi connectivity index (χ2n) is 8.71. The summed E-state index contributed by atoms with van der Waals surface area (Å²) in [6, 6.07) is 23.5. The van der Waals surface area contributed by atoms with Gasteiger partial charge < -0.3 is 20.3 Å². The molecule has 32 heavy (non-hydrogen) atoms. The molecule has 1 aliphatic rings. The minimum atomic E-state index is -0.253. The average Bonchev–Trinajstić information content (AvgIpc) is 2.80. The van der Waals surface area contributed by atoms with Gasteiger partial charge in [0.25, 0.3) is 0 Å². The number of carbonyl (C=O) groups excluding carboxylic acids is 1. The third-order valence-corrected chi connectivity index (χ3v) is 6.32. The lowest BCUT2D eigenvalue weighted by atomic mass is 9.80. The lowest BCUT2D eigenvalue weighted by Gasteiger charge is -2.33. The molecule has 2 amide bonds. The normalized spacial score (nSPS) is 16.2. The van der Waals surface area contributed by atoms with Crippen LogP contribution in [0, 0.1) is 5.92 Å². The molecule has 2 atom stereocenters. The Bertz CT molecular complexity index is 1050. The molecule has 0 spiro atoms. The van der Waals surface area contributed by atoms with Gasteiger partial charge in [-0.2, -0.15) is 0 Å². The van der Waals surface area contributed by atoms with Gasteiger partial charge in [0.05, 0.1) is 0 Å². The third-order valence-electron chi connectivity index (χ3n) is 6.32. The second-order valence-corrected chi connectivity index (χ2v) is 8.71. The fourth-order valence-electron chi connectivity index (χ4n) is 4.22. The van der Waals surface area contributed by atoms with Gasteiger partial charge in [-0.25, -0.2) is 4.79 Å². The van der Waals surface area contributed by atoms with E-state index < -0.39 is 0 Å². The van der Waals surface area contributed by atoms with E-state index in [-0.39, 0.29) is 6.03 Å². The Kier molecular flexibility index (Phi) is 6.76. The number of anilines is 2. The summed E-state index contributed by atoms with van der Waals surface area (Å²) >= 11 is 0. The Morgan fingerprint density at radius 3 is 2.28 bits per heavy atom. The Balaban J connectivity index is 1.33. The maximum atomic E-state index is 12.5. The molecule has 0 aromatic heterocycles. The van der Waals surface area contributed by atoms with Crippen LogP contribution in [0.4, 0.5) is 16.2 Å². The first-order chi connectivity index (χ1) is 15.5.